The third-order valence-corrected chi connectivity index (χ3v) is 1.17. The van der Waals surface area contributed by atoms with Crippen LogP contribution in [0.4, 0.5) is 13.2 Å². The molecule has 78 valence electrons. The molecule has 0 aliphatic heterocycles. The Hall–Kier alpha value is -0.820. The number of nitrogens with two attached hydrogens (primary N) is 1. The van der Waals surface area contributed by atoms with Gasteiger partial charge < -0.3 is 16.4 Å². The molecule has 0 aromatic carbocycles. The monoisotopic (exact) mass is 199 g/mol. The number of halogens is 3. The maximum Gasteiger partial charge on any atom is 0.471 e. The molecule has 0 heterocycles. The Labute approximate surface area is 73.7 Å². The number of carbonyl (C=O) groups is 1. The Kier molecular flexibility index (Phi) is 5.40. The fourth-order valence-corrected chi connectivity index (χ4v) is 0.592. The van der Waals surface area contributed by atoms with Crippen LogP contribution in [0.3, 0.4) is 0 Å². The molecule has 4 nitrogen and oxygen atoms in total. The largest absolute Gasteiger partial charge is 0.471 e. The van der Waals surface area contributed by atoms with Gasteiger partial charge in [0, 0.05) is 26.2 Å². The van der Waals surface area contributed by atoms with Crippen LogP contribution >= 0.6 is 0 Å². The summed E-state index contributed by atoms with van der Waals surface area (Å²) in [7, 11) is 0. The SMILES string of the molecule is NCCNCCNC(=O)C(F)(F)F. The van der Waals surface area contributed by atoms with Gasteiger partial charge in [-0.25, -0.2) is 0 Å². The molecule has 0 unspecified atom stereocenters. The second-order valence-electron chi connectivity index (χ2n) is 2.29. The van der Waals surface area contributed by atoms with Crippen molar-refractivity contribution in [2.45, 2.75) is 6.18 Å². The Morgan fingerprint density at radius 1 is 1.23 bits per heavy atom. The van der Waals surface area contributed by atoms with Crippen LogP contribution in [0.2, 0.25) is 0 Å². The van der Waals surface area contributed by atoms with Crippen molar-refractivity contribution in [3.63, 3.8) is 0 Å². The maximum atomic E-state index is 11.6. The van der Waals surface area contributed by atoms with Crippen LogP contribution in [0.15, 0.2) is 0 Å². The summed E-state index contributed by atoms with van der Waals surface area (Å²) >= 11 is 0. The van der Waals surface area contributed by atoms with Crippen molar-refractivity contribution in [1.82, 2.24) is 10.6 Å². The lowest BCUT2D eigenvalue weighted by molar-refractivity contribution is -0.173. The molecule has 0 aromatic rings. The molecule has 0 saturated carbocycles. The minimum absolute atomic E-state index is 0.0572. The molecule has 0 atom stereocenters. The highest BCUT2D eigenvalue weighted by Gasteiger charge is 2.38. The normalized spacial score (nSPS) is 11.4. The molecule has 1 amide bonds. The molecule has 0 aliphatic rings. The van der Waals surface area contributed by atoms with Gasteiger partial charge in [0.05, 0.1) is 0 Å². The summed E-state index contributed by atoms with van der Waals surface area (Å²) in [6.07, 6.45) is -4.80. The number of hydrogen-bond acceptors (Lipinski definition) is 3. The molecule has 0 aromatic heterocycles. The number of nitrogens with one attached hydrogen (secondary N) is 2. The molecule has 0 rings (SSSR count). The highest BCUT2D eigenvalue weighted by molar-refractivity contribution is 5.81. The first-order valence-corrected chi connectivity index (χ1v) is 3.74. The second-order valence-corrected chi connectivity index (χ2v) is 2.29. The quantitative estimate of drug-likeness (QED) is 0.508. The van der Waals surface area contributed by atoms with Crippen LogP contribution in [-0.4, -0.2) is 38.3 Å². The number of alkyl halides is 3. The lowest BCUT2D eigenvalue weighted by Gasteiger charge is -2.07. The minimum Gasteiger partial charge on any atom is -0.347 e. The third-order valence-electron chi connectivity index (χ3n) is 1.17. The van der Waals surface area contributed by atoms with E-state index in [1.807, 2.05) is 0 Å². The minimum atomic E-state index is -4.80. The number of carbonyl (C=O) groups excluding carboxylic acids is 1. The van der Waals surface area contributed by atoms with Gasteiger partial charge in [-0.15, -0.1) is 0 Å². The first-order valence-electron chi connectivity index (χ1n) is 3.74. The highest BCUT2D eigenvalue weighted by Crippen LogP contribution is 2.13. The zero-order chi connectivity index (χ0) is 10.3. The number of hydrogen-bond donors (Lipinski definition) is 3. The summed E-state index contributed by atoms with van der Waals surface area (Å²) in [6.45, 7) is 1.15. The van der Waals surface area contributed by atoms with E-state index < -0.39 is 12.1 Å². The second kappa shape index (κ2) is 5.76. The molecule has 7 heteroatoms. The smallest absolute Gasteiger partial charge is 0.347 e. The zero-order valence-corrected chi connectivity index (χ0v) is 6.95. The molecular formula is C6H12F3N3O. The van der Waals surface area contributed by atoms with Crippen LogP contribution in [0.5, 0.6) is 0 Å². The Morgan fingerprint density at radius 3 is 2.31 bits per heavy atom. The first-order chi connectivity index (χ1) is 5.98. The fourth-order valence-electron chi connectivity index (χ4n) is 0.592. The maximum absolute atomic E-state index is 11.6. The van der Waals surface area contributed by atoms with Gasteiger partial charge in [0.1, 0.15) is 0 Å². The number of rotatable bonds is 5. The van der Waals surface area contributed by atoms with E-state index in [2.05, 4.69) is 5.32 Å². The van der Waals surface area contributed by atoms with Gasteiger partial charge in [-0.3, -0.25) is 4.79 Å². The summed E-state index contributed by atoms with van der Waals surface area (Å²) in [6, 6.07) is 0. The lowest BCUT2D eigenvalue weighted by atomic mass is 10.5. The van der Waals surface area contributed by atoms with Crippen molar-refractivity contribution in [3.8, 4) is 0 Å². The Morgan fingerprint density at radius 2 is 1.85 bits per heavy atom. The number of amides is 1. The van der Waals surface area contributed by atoms with E-state index >= 15 is 0 Å². The van der Waals surface area contributed by atoms with E-state index in [1.54, 1.807) is 5.32 Å². The summed E-state index contributed by atoms with van der Waals surface area (Å²) in [5, 5.41) is 4.45. The molecule has 0 radical (unpaired) electrons. The van der Waals surface area contributed by atoms with Crippen LogP contribution in [0.25, 0.3) is 0 Å². The highest BCUT2D eigenvalue weighted by atomic mass is 19.4. The zero-order valence-electron chi connectivity index (χ0n) is 6.95. The molecule has 0 fully saturated rings. The lowest BCUT2D eigenvalue weighted by Crippen LogP contribution is -2.40. The van der Waals surface area contributed by atoms with Gasteiger partial charge in [-0.2, -0.15) is 13.2 Å². The Bertz CT molecular complexity index is 160. The third kappa shape index (κ3) is 6.35. The van der Waals surface area contributed by atoms with E-state index in [9.17, 15) is 18.0 Å². The van der Waals surface area contributed by atoms with E-state index in [0.717, 1.165) is 0 Å². The molecule has 0 bridgehead atoms. The molecule has 0 saturated heterocycles. The average Bonchev–Trinajstić information content (AvgIpc) is 2.02. The van der Waals surface area contributed by atoms with E-state index in [0.29, 0.717) is 13.1 Å². The Balaban J connectivity index is 3.38. The summed E-state index contributed by atoms with van der Waals surface area (Å²) < 4.78 is 34.7. The van der Waals surface area contributed by atoms with Crippen LogP contribution in [-0.2, 0) is 4.79 Å². The average molecular weight is 199 g/mol. The fraction of sp³-hybridized carbons (Fsp3) is 0.833. The predicted molar refractivity (Wildman–Crippen MR) is 41.0 cm³/mol. The van der Waals surface area contributed by atoms with Gasteiger partial charge in [0.25, 0.3) is 0 Å². The molecule has 0 aliphatic carbocycles. The van der Waals surface area contributed by atoms with Gasteiger partial charge in [-0.1, -0.05) is 0 Å². The molecular weight excluding hydrogens is 187 g/mol. The van der Waals surface area contributed by atoms with Crippen LogP contribution in [0.1, 0.15) is 0 Å². The van der Waals surface area contributed by atoms with Crippen LogP contribution in [0, 0.1) is 0 Å². The van der Waals surface area contributed by atoms with Gasteiger partial charge in [-0.05, 0) is 0 Å². The van der Waals surface area contributed by atoms with Crippen molar-refractivity contribution in [1.29, 1.82) is 0 Å². The van der Waals surface area contributed by atoms with Crippen molar-refractivity contribution < 1.29 is 18.0 Å². The van der Waals surface area contributed by atoms with Gasteiger partial charge in [0.2, 0.25) is 0 Å². The summed E-state index contributed by atoms with van der Waals surface area (Å²) in [5.41, 5.74) is 5.11. The standard InChI is InChI=1S/C6H12F3N3O/c7-6(8,9)5(13)12-4-3-11-2-1-10/h11H,1-4,10H2,(H,12,13). The van der Waals surface area contributed by atoms with Crippen molar-refractivity contribution >= 4 is 5.91 Å². The van der Waals surface area contributed by atoms with E-state index in [-0.39, 0.29) is 13.1 Å². The van der Waals surface area contributed by atoms with Crippen molar-refractivity contribution in [3.05, 3.63) is 0 Å². The van der Waals surface area contributed by atoms with Gasteiger partial charge >= 0.3 is 12.1 Å². The summed E-state index contributed by atoms with van der Waals surface area (Å²) in [4.78, 5) is 10.2. The predicted octanol–water partition coefficient (Wildman–Crippen LogP) is -0.787. The van der Waals surface area contributed by atoms with Gasteiger partial charge in [0.15, 0.2) is 0 Å². The van der Waals surface area contributed by atoms with E-state index in [1.165, 1.54) is 0 Å². The molecule has 13 heavy (non-hydrogen) atoms. The molecule has 0 spiro atoms. The summed E-state index contributed by atoms with van der Waals surface area (Å²) in [5.74, 6) is -1.91. The van der Waals surface area contributed by atoms with Crippen molar-refractivity contribution in [2.24, 2.45) is 5.73 Å². The van der Waals surface area contributed by atoms with Crippen LogP contribution < -0.4 is 16.4 Å². The first kappa shape index (κ1) is 12.2. The van der Waals surface area contributed by atoms with E-state index in [4.69, 9.17) is 5.73 Å². The topological polar surface area (TPSA) is 67.2 Å². The van der Waals surface area contributed by atoms with Crippen molar-refractivity contribution in [2.75, 3.05) is 26.2 Å². The molecule has 4 N–H and O–H groups in total.